The number of hydrogen-bond donors (Lipinski definition) is 2. The number of fused-ring (bicyclic) bond motifs is 1. The summed E-state index contributed by atoms with van der Waals surface area (Å²) in [6, 6.07) is 15.7. The topological polar surface area (TPSA) is 98.3 Å². The highest BCUT2D eigenvalue weighted by Crippen LogP contribution is 2.36. The number of nitrogens with one attached hydrogen (secondary N) is 1. The average Bonchev–Trinajstić information content (AvgIpc) is 3.49. The molecule has 1 amide bonds. The van der Waals surface area contributed by atoms with Gasteiger partial charge in [0, 0.05) is 53.6 Å². The Balaban J connectivity index is 1.42. The van der Waals surface area contributed by atoms with Crippen molar-refractivity contribution < 1.29 is 4.79 Å². The SMILES string of the molecule is Cc1ccc(C(=O)Nc2cc(N3CC4=C[C@H]3CN4C)cc(C(C)(C)C#N)c2)cc1C#Cc1cnc(N)c(Cl)c1. The van der Waals surface area contributed by atoms with Gasteiger partial charge in [-0.1, -0.05) is 29.5 Å². The van der Waals surface area contributed by atoms with Crippen molar-refractivity contribution in [3.8, 4) is 17.9 Å². The Morgan fingerprint density at radius 2 is 2.00 bits per heavy atom. The minimum atomic E-state index is -0.714. The average molecular weight is 537 g/mol. The minimum Gasteiger partial charge on any atom is -0.382 e. The van der Waals surface area contributed by atoms with Crippen LogP contribution in [0.25, 0.3) is 0 Å². The molecule has 3 heterocycles. The predicted molar refractivity (Wildman–Crippen MR) is 156 cm³/mol. The molecule has 196 valence electrons. The molecule has 0 spiro atoms. The van der Waals surface area contributed by atoms with Crippen molar-refractivity contribution >= 4 is 34.7 Å². The number of nitrogens with zero attached hydrogens (tertiary/aromatic N) is 4. The lowest BCUT2D eigenvalue weighted by Gasteiger charge is -2.35. The first-order valence-corrected chi connectivity index (χ1v) is 13.0. The van der Waals surface area contributed by atoms with Crippen molar-refractivity contribution in [2.24, 2.45) is 0 Å². The van der Waals surface area contributed by atoms with E-state index >= 15 is 0 Å². The maximum absolute atomic E-state index is 13.4. The van der Waals surface area contributed by atoms with E-state index in [0.717, 1.165) is 35.5 Å². The van der Waals surface area contributed by atoms with Gasteiger partial charge in [-0.05, 0) is 74.4 Å². The van der Waals surface area contributed by atoms with Crippen molar-refractivity contribution in [1.82, 2.24) is 9.88 Å². The zero-order valence-corrected chi connectivity index (χ0v) is 23.1. The van der Waals surface area contributed by atoms with E-state index in [1.807, 2.05) is 39.0 Å². The second-order valence-corrected chi connectivity index (χ2v) is 11.0. The summed E-state index contributed by atoms with van der Waals surface area (Å²) in [4.78, 5) is 22.0. The predicted octanol–water partition coefficient (Wildman–Crippen LogP) is 5.10. The lowest BCUT2D eigenvalue weighted by molar-refractivity contribution is 0.102. The van der Waals surface area contributed by atoms with Gasteiger partial charge in [0.25, 0.3) is 5.91 Å². The van der Waals surface area contributed by atoms with Gasteiger partial charge < -0.3 is 20.9 Å². The number of hydrogen-bond acceptors (Lipinski definition) is 6. The summed E-state index contributed by atoms with van der Waals surface area (Å²) in [5.41, 5.74) is 11.5. The summed E-state index contributed by atoms with van der Waals surface area (Å²) < 4.78 is 0. The Morgan fingerprint density at radius 1 is 1.21 bits per heavy atom. The van der Waals surface area contributed by atoms with E-state index < -0.39 is 5.41 Å². The number of nitriles is 1. The normalized spacial score (nSPS) is 15.9. The molecule has 2 aromatic carbocycles. The fourth-order valence-corrected chi connectivity index (χ4v) is 4.93. The van der Waals surface area contributed by atoms with Gasteiger partial charge in [-0.15, -0.1) is 0 Å². The number of aromatic nitrogens is 1. The Bertz CT molecular complexity index is 1620. The van der Waals surface area contributed by atoms with Crippen LogP contribution in [0.1, 0.15) is 46.5 Å². The molecule has 0 saturated carbocycles. The molecule has 0 saturated heterocycles. The van der Waals surface area contributed by atoms with E-state index in [-0.39, 0.29) is 17.8 Å². The van der Waals surface area contributed by atoms with Crippen molar-refractivity contribution in [2.45, 2.75) is 32.2 Å². The molecule has 1 atom stereocenters. The Morgan fingerprint density at radius 3 is 2.67 bits per heavy atom. The van der Waals surface area contributed by atoms with Gasteiger partial charge in [0.2, 0.25) is 0 Å². The molecule has 5 rings (SSSR count). The van der Waals surface area contributed by atoms with E-state index in [1.54, 1.807) is 24.4 Å². The summed E-state index contributed by atoms with van der Waals surface area (Å²) in [6.07, 6.45) is 3.84. The number of nitrogen functional groups attached to an aromatic ring is 1. The maximum atomic E-state index is 13.4. The largest absolute Gasteiger partial charge is 0.382 e. The van der Waals surface area contributed by atoms with Crippen LogP contribution in [0.4, 0.5) is 17.2 Å². The van der Waals surface area contributed by atoms with Crippen LogP contribution in [-0.4, -0.2) is 42.0 Å². The molecule has 39 heavy (non-hydrogen) atoms. The highest BCUT2D eigenvalue weighted by molar-refractivity contribution is 6.32. The van der Waals surface area contributed by atoms with E-state index in [0.29, 0.717) is 21.8 Å². The molecule has 0 unspecified atom stereocenters. The molecule has 7 nitrogen and oxygen atoms in total. The fourth-order valence-electron chi connectivity index (χ4n) is 4.77. The first-order chi connectivity index (χ1) is 18.5. The lowest BCUT2D eigenvalue weighted by atomic mass is 9.85. The number of likely N-dealkylation sites (N-methyl/N-ethyl adjacent to an activating group) is 1. The summed E-state index contributed by atoms with van der Waals surface area (Å²) in [6.45, 7) is 7.44. The van der Waals surface area contributed by atoms with Crippen LogP contribution < -0.4 is 16.0 Å². The van der Waals surface area contributed by atoms with Crippen LogP contribution >= 0.6 is 11.6 Å². The number of carbonyl (C=O) groups is 1. The number of pyridine rings is 1. The van der Waals surface area contributed by atoms with Crippen LogP contribution in [0.5, 0.6) is 0 Å². The number of amides is 1. The van der Waals surface area contributed by atoms with Gasteiger partial charge in [-0.3, -0.25) is 4.79 Å². The van der Waals surface area contributed by atoms with Gasteiger partial charge in [-0.2, -0.15) is 5.26 Å². The molecule has 3 aromatic rings. The number of nitrogens with two attached hydrogens (primary N) is 1. The molecule has 8 heteroatoms. The number of rotatable bonds is 4. The molecule has 2 aliphatic heterocycles. The highest BCUT2D eigenvalue weighted by Gasteiger charge is 2.35. The van der Waals surface area contributed by atoms with E-state index in [2.05, 4.69) is 57.2 Å². The first-order valence-electron chi connectivity index (χ1n) is 12.6. The zero-order chi connectivity index (χ0) is 27.9. The summed E-state index contributed by atoms with van der Waals surface area (Å²) in [5.74, 6) is 6.16. The molecule has 2 aliphatic rings. The minimum absolute atomic E-state index is 0.253. The van der Waals surface area contributed by atoms with Gasteiger partial charge in [0.05, 0.1) is 29.1 Å². The number of carbonyl (C=O) groups excluding carboxylic acids is 1. The summed E-state index contributed by atoms with van der Waals surface area (Å²) >= 11 is 6.06. The van der Waals surface area contributed by atoms with E-state index in [4.69, 9.17) is 17.3 Å². The van der Waals surface area contributed by atoms with Crippen molar-refractivity contribution in [1.29, 1.82) is 5.26 Å². The van der Waals surface area contributed by atoms with Gasteiger partial charge >= 0.3 is 0 Å². The van der Waals surface area contributed by atoms with Gasteiger partial charge in [0.15, 0.2) is 0 Å². The van der Waals surface area contributed by atoms with E-state index in [9.17, 15) is 10.1 Å². The number of benzene rings is 2. The summed E-state index contributed by atoms with van der Waals surface area (Å²) in [5, 5.41) is 13.2. The van der Waals surface area contributed by atoms with Gasteiger partial charge in [0.1, 0.15) is 5.82 Å². The monoisotopic (exact) mass is 536 g/mol. The number of halogens is 1. The zero-order valence-electron chi connectivity index (χ0n) is 22.3. The quantitative estimate of drug-likeness (QED) is 0.450. The molecule has 0 fully saturated rings. The standard InChI is InChI=1S/C31H29ClN6O/c1-19-5-7-22(10-21(19)8-6-20-9-28(32)29(34)35-15-20)30(39)36-24-11-23(31(2,3)18-33)12-25(13-24)38-17-26-14-27(38)16-37(26)4/h5,7,9-15,27H,16-17H2,1-4H3,(H2,34,35)(H,36,39)/t27-/m0/s1. The Kier molecular flexibility index (Phi) is 6.72. The highest BCUT2D eigenvalue weighted by atomic mass is 35.5. The molecule has 3 N–H and O–H groups in total. The fraction of sp³-hybridized carbons (Fsp3) is 0.258. The first kappa shape index (κ1) is 26.2. The van der Waals surface area contributed by atoms with Crippen LogP contribution in [0.3, 0.4) is 0 Å². The third kappa shape index (κ3) is 5.27. The molecule has 0 radical (unpaired) electrons. The summed E-state index contributed by atoms with van der Waals surface area (Å²) in [7, 11) is 2.10. The molecular formula is C31H29ClN6O. The molecule has 2 bridgehead atoms. The maximum Gasteiger partial charge on any atom is 0.255 e. The third-order valence-corrected chi connectivity index (χ3v) is 7.59. The van der Waals surface area contributed by atoms with Crippen LogP contribution in [0, 0.1) is 30.1 Å². The van der Waals surface area contributed by atoms with Crippen molar-refractivity contribution in [3.63, 3.8) is 0 Å². The smallest absolute Gasteiger partial charge is 0.255 e. The molecular weight excluding hydrogens is 508 g/mol. The van der Waals surface area contributed by atoms with Crippen molar-refractivity contribution in [2.75, 3.05) is 36.1 Å². The molecule has 1 aromatic heterocycles. The second-order valence-electron chi connectivity index (χ2n) is 10.6. The van der Waals surface area contributed by atoms with Crippen molar-refractivity contribution in [3.05, 3.63) is 93.3 Å². The number of aryl methyl sites for hydroxylation is 1. The van der Waals surface area contributed by atoms with Crippen LogP contribution in [0.2, 0.25) is 5.02 Å². The lowest BCUT2D eigenvalue weighted by Crippen LogP contribution is -2.42. The number of piperazine rings is 1. The van der Waals surface area contributed by atoms with Crippen LogP contribution in [-0.2, 0) is 5.41 Å². The Labute approximate surface area is 233 Å². The third-order valence-electron chi connectivity index (χ3n) is 7.29. The van der Waals surface area contributed by atoms with Crippen LogP contribution in [0.15, 0.2) is 60.4 Å². The molecule has 0 aliphatic carbocycles. The Hall–Kier alpha value is -4.46. The van der Waals surface area contributed by atoms with Gasteiger partial charge in [-0.25, -0.2) is 4.98 Å². The van der Waals surface area contributed by atoms with E-state index in [1.165, 1.54) is 5.70 Å². The number of anilines is 3. The second kappa shape index (κ2) is 10.0.